The van der Waals surface area contributed by atoms with E-state index in [2.05, 4.69) is 31.2 Å². The average Bonchev–Trinajstić information content (AvgIpc) is 2.61. The highest BCUT2D eigenvalue weighted by atomic mass is 16.1. The first-order valence-electron chi connectivity index (χ1n) is 6.84. The summed E-state index contributed by atoms with van der Waals surface area (Å²) in [5.74, 6) is 0.787. The zero-order valence-corrected chi connectivity index (χ0v) is 10.7. The predicted molar refractivity (Wildman–Crippen MR) is 71.1 cm³/mol. The van der Waals surface area contributed by atoms with Crippen LogP contribution in [0.15, 0.2) is 24.3 Å². The lowest BCUT2D eigenvalue weighted by Crippen LogP contribution is -2.16. The summed E-state index contributed by atoms with van der Waals surface area (Å²) in [5.41, 5.74) is 2.43. The summed E-state index contributed by atoms with van der Waals surface area (Å²) in [5, 5.41) is 0. The minimum atomic E-state index is 0.332. The second-order valence-electron chi connectivity index (χ2n) is 5.32. The average molecular weight is 230 g/mol. The molecule has 0 aromatic heterocycles. The van der Waals surface area contributed by atoms with Gasteiger partial charge in [-0.05, 0) is 25.3 Å². The first-order chi connectivity index (χ1) is 8.25. The van der Waals surface area contributed by atoms with Gasteiger partial charge in [0.15, 0.2) is 0 Å². The van der Waals surface area contributed by atoms with Crippen molar-refractivity contribution < 1.29 is 4.79 Å². The molecular weight excluding hydrogens is 208 g/mol. The van der Waals surface area contributed by atoms with Crippen LogP contribution in [0.2, 0.25) is 0 Å². The number of hydrogen-bond acceptors (Lipinski definition) is 1. The van der Waals surface area contributed by atoms with E-state index in [4.69, 9.17) is 0 Å². The van der Waals surface area contributed by atoms with Crippen LogP contribution in [0, 0.1) is 12.8 Å². The Morgan fingerprint density at radius 1 is 1.06 bits per heavy atom. The summed E-state index contributed by atoms with van der Waals surface area (Å²) in [4.78, 5) is 12.2. The van der Waals surface area contributed by atoms with Gasteiger partial charge in [-0.2, -0.15) is 0 Å². The number of hydrogen-bond donors (Lipinski definition) is 0. The van der Waals surface area contributed by atoms with Crippen LogP contribution >= 0.6 is 0 Å². The standard InChI is InChI=1S/C16H22O/c1-13-8-10-14(11-9-13)12-16(17)15-6-4-2-3-5-7-15/h8-11,15H,2-7,12H2,1H3. The van der Waals surface area contributed by atoms with E-state index < -0.39 is 0 Å². The second-order valence-corrected chi connectivity index (χ2v) is 5.32. The van der Waals surface area contributed by atoms with Gasteiger partial charge in [0, 0.05) is 12.3 Å². The van der Waals surface area contributed by atoms with E-state index in [1.165, 1.54) is 36.8 Å². The van der Waals surface area contributed by atoms with Gasteiger partial charge < -0.3 is 0 Å². The van der Waals surface area contributed by atoms with Gasteiger partial charge in [-0.3, -0.25) is 4.79 Å². The zero-order valence-electron chi connectivity index (χ0n) is 10.7. The Labute approximate surface area is 104 Å². The predicted octanol–water partition coefficient (Wildman–Crippen LogP) is 4.08. The molecule has 1 aliphatic carbocycles. The second kappa shape index (κ2) is 6.00. The molecule has 0 heterocycles. The van der Waals surface area contributed by atoms with Gasteiger partial charge in [-0.25, -0.2) is 0 Å². The highest BCUT2D eigenvalue weighted by Gasteiger charge is 2.19. The van der Waals surface area contributed by atoms with Crippen LogP contribution in [0.3, 0.4) is 0 Å². The highest BCUT2D eigenvalue weighted by Crippen LogP contribution is 2.24. The highest BCUT2D eigenvalue weighted by molar-refractivity contribution is 5.83. The fraction of sp³-hybridized carbons (Fsp3) is 0.562. The molecule has 0 spiro atoms. The van der Waals surface area contributed by atoms with E-state index in [9.17, 15) is 4.79 Å². The Kier molecular flexibility index (Phi) is 4.36. The molecule has 0 radical (unpaired) electrons. The van der Waals surface area contributed by atoms with E-state index in [0.29, 0.717) is 18.1 Å². The normalized spacial score (nSPS) is 17.7. The Morgan fingerprint density at radius 3 is 2.24 bits per heavy atom. The monoisotopic (exact) mass is 230 g/mol. The maximum Gasteiger partial charge on any atom is 0.140 e. The van der Waals surface area contributed by atoms with Crippen molar-refractivity contribution in [2.75, 3.05) is 0 Å². The summed E-state index contributed by atoms with van der Waals surface area (Å²) >= 11 is 0. The van der Waals surface area contributed by atoms with Crippen molar-refractivity contribution >= 4 is 5.78 Å². The van der Waals surface area contributed by atoms with Crippen molar-refractivity contribution in [1.29, 1.82) is 0 Å². The van der Waals surface area contributed by atoms with Crippen LogP contribution in [0.4, 0.5) is 0 Å². The van der Waals surface area contributed by atoms with E-state index in [-0.39, 0.29) is 0 Å². The molecule has 2 rings (SSSR count). The van der Waals surface area contributed by atoms with Crippen LogP contribution in [-0.4, -0.2) is 5.78 Å². The maximum atomic E-state index is 12.2. The molecule has 0 N–H and O–H groups in total. The maximum absolute atomic E-state index is 12.2. The lowest BCUT2D eigenvalue weighted by atomic mass is 9.91. The van der Waals surface area contributed by atoms with Gasteiger partial charge in [-0.15, -0.1) is 0 Å². The van der Waals surface area contributed by atoms with Gasteiger partial charge in [0.1, 0.15) is 5.78 Å². The van der Waals surface area contributed by atoms with Gasteiger partial charge in [0.25, 0.3) is 0 Å². The Morgan fingerprint density at radius 2 is 1.65 bits per heavy atom. The van der Waals surface area contributed by atoms with Crippen molar-refractivity contribution in [3.05, 3.63) is 35.4 Å². The van der Waals surface area contributed by atoms with Crippen molar-refractivity contribution in [3.8, 4) is 0 Å². The molecule has 0 atom stereocenters. The van der Waals surface area contributed by atoms with Gasteiger partial charge >= 0.3 is 0 Å². The Balaban J connectivity index is 1.93. The summed E-state index contributed by atoms with van der Waals surface area (Å²) in [7, 11) is 0. The van der Waals surface area contributed by atoms with Crippen molar-refractivity contribution in [1.82, 2.24) is 0 Å². The molecule has 1 saturated carbocycles. The Bertz CT molecular complexity index is 356. The molecule has 92 valence electrons. The van der Waals surface area contributed by atoms with Crippen LogP contribution in [0.1, 0.15) is 49.7 Å². The molecule has 0 aliphatic heterocycles. The largest absolute Gasteiger partial charge is 0.299 e. The summed E-state index contributed by atoms with van der Waals surface area (Å²) in [6.45, 7) is 2.08. The lowest BCUT2D eigenvalue weighted by molar-refractivity contribution is -0.122. The summed E-state index contributed by atoms with van der Waals surface area (Å²) in [6.07, 6.45) is 7.97. The molecule has 0 bridgehead atoms. The molecule has 0 saturated heterocycles. The number of Topliss-reactive ketones (excluding diaryl/α,β-unsaturated/α-hetero) is 1. The van der Waals surface area contributed by atoms with E-state index in [0.717, 1.165) is 12.8 Å². The minimum absolute atomic E-state index is 0.332. The van der Waals surface area contributed by atoms with E-state index >= 15 is 0 Å². The Hall–Kier alpha value is -1.11. The number of benzene rings is 1. The van der Waals surface area contributed by atoms with Gasteiger partial charge in [0.05, 0.1) is 0 Å². The van der Waals surface area contributed by atoms with Crippen LogP contribution in [-0.2, 0) is 11.2 Å². The van der Waals surface area contributed by atoms with Crippen molar-refractivity contribution in [2.24, 2.45) is 5.92 Å². The third-order valence-electron chi connectivity index (χ3n) is 3.81. The first-order valence-corrected chi connectivity index (χ1v) is 6.84. The molecular formula is C16H22O. The van der Waals surface area contributed by atoms with E-state index in [1.807, 2.05) is 0 Å². The summed E-state index contributed by atoms with van der Waals surface area (Å²) < 4.78 is 0. The smallest absolute Gasteiger partial charge is 0.140 e. The molecule has 1 fully saturated rings. The lowest BCUT2D eigenvalue weighted by Gasteiger charge is -2.12. The molecule has 1 aromatic rings. The molecule has 17 heavy (non-hydrogen) atoms. The van der Waals surface area contributed by atoms with Crippen LogP contribution in [0.25, 0.3) is 0 Å². The van der Waals surface area contributed by atoms with E-state index in [1.54, 1.807) is 0 Å². The molecule has 1 aromatic carbocycles. The quantitative estimate of drug-likeness (QED) is 0.715. The number of carbonyl (C=O) groups excluding carboxylic acids is 1. The molecule has 1 heteroatoms. The van der Waals surface area contributed by atoms with Crippen LogP contribution < -0.4 is 0 Å². The molecule has 0 amide bonds. The van der Waals surface area contributed by atoms with Crippen LogP contribution in [0.5, 0.6) is 0 Å². The third kappa shape index (κ3) is 3.69. The zero-order chi connectivity index (χ0) is 12.1. The summed E-state index contributed by atoms with van der Waals surface area (Å²) in [6, 6.07) is 8.36. The first kappa shape index (κ1) is 12.3. The number of rotatable bonds is 3. The molecule has 1 nitrogen and oxygen atoms in total. The number of carbonyl (C=O) groups is 1. The molecule has 1 aliphatic rings. The van der Waals surface area contributed by atoms with Crippen molar-refractivity contribution in [2.45, 2.75) is 51.9 Å². The van der Waals surface area contributed by atoms with Gasteiger partial charge in [0.2, 0.25) is 0 Å². The minimum Gasteiger partial charge on any atom is -0.299 e. The van der Waals surface area contributed by atoms with Gasteiger partial charge in [-0.1, -0.05) is 55.5 Å². The SMILES string of the molecule is Cc1ccc(CC(=O)C2CCCCCC2)cc1. The number of ketones is 1. The fourth-order valence-electron chi connectivity index (χ4n) is 2.65. The fourth-order valence-corrected chi connectivity index (χ4v) is 2.65. The third-order valence-corrected chi connectivity index (χ3v) is 3.81. The van der Waals surface area contributed by atoms with Crippen molar-refractivity contribution in [3.63, 3.8) is 0 Å². The number of aryl methyl sites for hydroxylation is 1. The topological polar surface area (TPSA) is 17.1 Å². The molecule has 0 unspecified atom stereocenters.